The van der Waals surface area contributed by atoms with Crippen molar-refractivity contribution < 1.29 is 27.8 Å². The molecule has 2 amide bonds. The Morgan fingerprint density at radius 1 is 1.10 bits per heavy atom. The third kappa shape index (κ3) is 5.22. The van der Waals surface area contributed by atoms with Crippen molar-refractivity contribution in [1.29, 1.82) is 0 Å². The normalized spacial score (nSPS) is 13.2. The first-order valence-corrected chi connectivity index (χ1v) is 9.30. The van der Waals surface area contributed by atoms with Gasteiger partial charge in [0.1, 0.15) is 0 Å². The smallest absolute Gasteiger partial charge is 0.387 e. The molecule has 0 unspecified atom stereocenters. The first-order chi connectivity index (χ1) is 13.9. The maximum atomic E-state index is 13.0. The van der Waals surface area contributed by atoms with Crippen LogP contribution in [0, 0.1) is 0 Å². The van der Waals surface area contributed by atoms with Gasteiger partial charge in [-0.1, -0.05) is 6.07 Å². The summed E-state index contributed by atoms with van der Waals surface area (Å²) in [5, 5.41) is 0. The van der Waals surface area contributed by atoms with Crippen LogP contribution in [0.1, 0.15) is 46.0 Å². The number of hydrogen-bond acceptors (Lipinski definition) is 4. The Bertz CT molecular complexity index is 883. The Hall–Kier alpha value is -3.16. The van der Waals surface area contributed by atoms with E-state index in [4.69, 9.17) is 10.5 Å². The molecule has 1 saturated carbocycles. The lowest BCUT2D eigenvalue weighted by molar-refractivity contribution is -0.0514. The molecule has 1 aliphatic carbocycles. The molecule has 154 valence electrons. The molecule has 0 radical (unpaired) electrons. The van der Waals surface area contributed by atoms with Gasteiger partial charge >= 0.3 is 6.61 Å². The number of carbonyl (C=O) groups is 2. The second-order valence-corrected chi connectivity index (χ2v) is 6.70. The van der Waals surface area contributed by atoms with E-state index in [1.807, 2.05) is 0 Å². The fourth-order valence-corrected chi connectivity index (χ4v) is 3.00. The van der Waals surface area contributed by atoms with Crippen LogP contribution >= 0.6 is 0 Å². The van der Waals surface area contributed by atoms with Gasteiger partial charge in [-0.05, 0) is 61.7 Å². The molecule has 0 bridgehead atoms. The number of carbonyl (C=O) groups excluding carboxylic acids is 2. The van der Waals surface area contributed by atoms with Crippen molar-refractivity contribution in [2.24, 2.45) is 5.73 Å². The Labute approximate surface area is 167 Å². The van der Waals surface area contributed by atoms with Gasteiger partial charge in [0.25, 0.3) is 5.91 Å². The highest BCUT2D eigenvalue weighted by atomic mass is 19.3. The Kier molecular flexibility index (Phi) is 6.31. The molecule has 0 aromatic heterocycles. The Morgan fingerprint density at radius 3 is 2.31 bits per heavy atom. The van der Waals surface area contributed by atoms with E-state index in [9.17, 15) is 18.4 Å². The van der Waals surface area contributed by atoms with Gasteiger partial charge in [-0.25, -0.2) is 0 Å². The molecule has 8 heteroatoms. The van der Waals surface area contributed by atoms with Crippen molar-refractivity contribution in [2.45, 2.75) is 39.0 Å². The van der Waals surface area contributed by atoms with Crippen LogP contribution in [-0.4, -0.2) is 36.0 Å². The van der Waals surface area contributed by atoms with Gasteiger partial charge in [0.15, 0.2) is 11.5 Å². The van der Waals surface area contributed by atoms with Gasteiger partial charge in [0.05, 0.1) is 6.61 Å². The van der Waals surface area contributed by atoms with Crippen LogP contribution in [0.5, 0.6) is 11.5 Å². The number of benzene rings is 2. The number of hydrogen-bond donors (Lipinski definition) is 1. The summed E-state index contributed by atoms with van der Waals surface area (Å²) in [4.78, 5) is 25.9. The average molecular weight is 404 g/mol. The average Bonchev–Trinajstić information content (AvgIpc) is 3.52. The summed E-state index contributed by atoms with van der Waals surface area (Å²) in [6, 6.07) is 11.0. The number of nitrogens with zero attached hydrogens (tertiary/aromatic N) is 1. The van der Waals surface area contributed by atoms with Gasteiger partial charge in [-0.15, -0.1) is 0 Å². The molecule has 1 aliphatic rings. The highest BCUT2D eigenvalue weighted by Crippen LogP contribution is 2.33. The number of rotatable bonds is 9. The molecule has 0 aliphatic heterocycles. The van der Waals surface area contributed by atoms with E-state index in [-0.39, 0.29) is 23.4 Å². The summed E-state index contributed by atoms with van der Waals surface area (Å²) in [5.74, 6) is -0.566. The first-order valence-electron chi connectivity index (χ1n) is 9.30. The van der Waals surface area contributed by atoms with Crippen LogP contribution in [0.25, 0.3) is 0 Å². The second-order valence-electron chi connectivity index (χ2n) is 6.70. The molecule has 0 saturated heterocycles. The quantitative estimate of drug-likeness (QED) is 0.693. The summed E-state index contributed by atoms with van der Waals surface area (Å²) in [5.41, 5.74) is 6.76. The van der Waals surface area contributed by atoms with E-state index in [0.717, 1.165) is 18.4 Å². The number of halogens is 2. The highest BCUT2D eigenvalue weighted by Gasteiger charge is 2.33. The zero-order valence-corrected chi connectivity index (χ0v) is 15.9. The Morgan fingerprint density at radius 2 is 1.76 bits per heavy atom. The minimum absolute atomic E-state index is 0.0445. The lowest BCUT2D eigenvalue weighted by Crippen LogP contribution is -2.32. The largest absolute Gasteiger partial charge is 0.490 e. The van der Waals surface area contributed by atoms with E-state index in [0.29, 0.717) is 24.3 Å². The van der Waals surface area contributed by atoms with Crippen molar-refractivity contribution in [2.75, 3.05) is 6.61 Å². The summed E-state index contributed by atoms with van der Waals surface area (Å²) in [6.07, 6.45) is 1.80. The maximum Gasteiger partial charge on any atom is 0.387 e. The van der Waals surface area contributed by atoms with Crippen molar-refractivity contribution >= 4 is 11.8 Å². The zero-order chi connectivity index (χ0) is 21.0. The number of primary amides is 1. The molecular weight excluding hydrogens is 382 g/mol. The molecule has 0 heterocycles. The molecule has 2 N–H and O–H groups in total. The minimum atomic E-state index is -2.95. The van der Waals surface area contributed by atoms with Gasteiger partial charge in [-0.3, -0.25) is 9.59 Å². The summed E-state index contributed by atoms with van der Waals surface area (Å²) >= 11 is 0. The van der Waals surface area contributed by atoms with Crippen molar-refractivity contribution in [3.63, 3.8) is 0 Å². The van der Waals surface area contributed by atoms with Crippen LogP contribution in [0.4, 0.5) is 8.78 Å². The monoisotopic (exact) mass is 404 g/mol. The third-order valence-electron chi connectivity index (χ3n) is 4.54. The summed E-state index contributed by atoms with van der Waals surface area (Å²) < 4.78 is 35.1. The van der Waals surface area contributed by atoms with Gasteiger partial charge in [0, 0.05) is 23.7 Å². The predicted molar refractivity (Wildman–Crippen MR) is 102 cm³/mol. The topological polar surface area (TPSA) is 81.9 Å². The van der Waals surface area contributed by atoms with Crippen LogP contribution < -0.4 is 15.2 Å². The van der Waals surface area contributed by atoms with Crippen LogP contribution in [0.15, 0.2) is 42.5 Å². The van der Waals surface area contributed by atoms with Crippen LogP contribution in [-0.2, 0) is 6.54 Å². The van der Waals surface area contributed by atoms with Gasteiger partial charge in [-0.2, -0.15) is 8.78 Å². The number of nitrogens with two attached hydrogens (primary N) is 1. The van der Waals surface area contributed by atoms with E-state index in [1.165, 1.54) is 18.2 Å². The maximum absolute atomic E-state index is 13.0. The lowest BCUT2D eigenvalue weighted by Gasteiger charge is -2.23. The van der Waals surface area contributed by atoms with E-state index < -0.39 is 12.5 Å². The summed E-state index contributed by atoms with van der Waals surface area (Å²) in [7, 11) is 0. The molecule has 2 aromatic rings. The molecule has 3 rings (SSSR count). The lowest BCUT2D eigenvalue weighted by atomic mass is 10.1. The zero-order valence-electron chi connectivity index (χ0n) is 15.9. The highest BCUT2D eigenvalue weighted by molar-refractivity contribution is 5.97. The van der Waals surface area contributed by atoms with E-state index in [1.54, 1.807) is 36.1 Å². The van der Waals surface area contributed by atoms with Gasteiger partial charge < -0.3 is 20.1 Å². The van der Waals surface area contributed by atoms with Crippen molar-refractivity contribution in [1.82, 2.24) is 4.90 Å². The standard InChI is InChI=1S/C21H22F2N2O4/c1-2-28-18-11-13(3-10-17(18)29-21(22)23)12-25(16-8-9-16)20(27)15-6-4-14(5-7-15)19(24)26/h3-7,10-11,16,21H,2,8-9,12H2,1H3,(H2,24,26). The molecule has 0 spiro atoms. The van der Waals surface area contributed by atoms with Gasteiger partial charge in [0.2, 0.25) is 5.91 Å². The first kappa shape index (κ1) is 20.6. The number of amides is 2. The van der Waals surface area contributed by atoms with E-state index in [2.05, 4.69) is 4.74 Å². The minimum Gasteiger partial charge on any atom is -0.490 e. The molecular formula is C21H22F2N2O4. The molecule has 0 atom stereocenters. The molecule has 1 fully saturated rings. The van der Waals surface area contributed by atoms with Crippen LogP contribution in [0.3, 0.4) is 0 Å². The molecule has 2 aromatic carbocycles. The van der Waals surface area contributed by atoms with Crippen molar-refractivity contribution in [3.8, 4) is 11.5 Å². The number of ether oxygens (including phenoxy) is 2. The van der Waals surface area contributed by atoms with Crippen LogP contribution in [0.2, 0.25) is 0 Å². The fraction of sp³-hybridized carbons (Fsp3) is 0.333. The fourth-order valence-electron chi connectivity index (χ4n) is 3.00. The van der Waals surface area contributed by atoms with Crippen molar-refractivity contribution in [3.05, 3.63) is 59.2 Å². The number of alkyl halides is 2. The second kappa shape index (κ2) is 8.89. The molecule has 29 heavy (non-hydrogen) atoms. The SMILES string of the molecule is CCOc1cc(CN(C(=O)c2ccc(C(N)=O)cc2)C2CC2)ccc1OC(F)F. The summed E-state index contributed by atoms with van der Waals surface area (Å²) in [6.45, 7) is -0.612. The Balaban J connectivity index is 1.80. The third-order valence-corrected chi connectivity index (χ3v) is 4.54. The van der Waals surface area contributed by atoms with E-state index >= 15 is 0 Å². The molecule has 6 nitrogen and oxygen atoms in total. The predicted octanol–water partition coefficient (Wildman–Crippen LogP) is 3.59.